The second-order valence-electron chi connectivity index (χ2n) is 9.36. The molecule has 3 atom stereocenters. The van der Waals surface area contributed by atoms with Gasteiger partial charge in [0.2, 0.25) is 0 Å². The SMILES string of the molecule is CC(C)(C)OC(=O)N(CC1CC2CCC(C1)N2)CC1COc2ccccc2O1. The van der Waals surface area contributed by atoms with Gasteiger partial charge in [-0.1, -0.05) is 12.1 Å². The lowest BCUT2D eigenvalue weighted by Gasteiger charge is -2.36. The molecule has 2 bridgehead atoms. The maximum absolute atomic E-state index is 12.9. The monoisotopic (exact) mass is 388 g/mol. The Morgan fingerprint density at radius 3 is 2.50 bits per heavy atom. The molecule has 3 heterocycles. The first-order chi connectivity index (χ1) is 13.4. The van der Waals surface area contributed by atoms with E-state index in [0.29, 0.717) is 37.7 Å². The number of amides is 1. The fourth-order valence-corrected chi connectivity index (χ4v) is 4.58. The zero-order valence-electron chi connectivity index (χ0n) is 17.1. The maximum atomic E-state index is 12.9. The van der Waals surface area contributed by atoms with Crippen molar-refractivity contribution in [1.82, 2.24) is 10.2 Å². The van der Waals surface area contributed by atoms with Crippen LogP contribution in [0.25, 0.3) is 0 Å². The number of carbonyl (C=O) groups is 1. The van der Waals surface area contributed by atoms with Crippen LogP contribution in [0.4, 0.5) is 4.79 Å². The minimum atomic E-state index is -0.515. The predicted octanol–water partition coefficient (Wildman–Crippen LogP) is 3.59. The van der Waals surface area contributed by atoms with E-state index in [1.807, 2.05) is 49.9 Å². The van der Waals surface area contributed by atoms with E-state index < -0.39 is 5.60 Å². The first-order valence-corrected chi connectivity index (χ1v) is 10.5. The molecule has 0 spiro atoms. The van der Waals surface area contributed by atoms with Crippen LogP contribution in [-0.2, 0) is 4.74 Å². The van der Waals surface area contributed by atoms with E-state index in [9.17, 15) is 4.79 Å². The van der Waals surface area contributed by atoms with E-state index in [4.69, 9.17) is 14.2 Å². The van der Waals surface area contributed by atoms with Crippen LogP contribution in [0, 0.1) is 5.92 Å². The van der Waals surface area contributed by atoms with Crippen LogP contribution < -0.4 is 14.8 Å². The standard InChI is InChI=1S/C22H32N2O4/c1-22(2,3)28-21(25)24(12-15-10-16-8-9-17(11-15)23-16)13-18-14-26-19-6-4-5-7-20(19)27-18/h4-7,15-18,23H,8-14H2,1-3H3. The molecule has 1 amide bonds. The van der Waals surface area contributed by atoms with Crippen LogP contribution in [-0.4, -0.2) is 54.5 Å². The number of fused-ring (bicyclic) bond motifs is 3. The van der Waals surface area contributed by atoms with Crippen molar-refractivity contribution in [2.24, 2.45) is 5.92 Å². The smallest absolute Gasteiger partial charge is 0.410 e. The summed E-state index contributed by atoms with van der Waals surface area (Å²) >= 11 is 0. The van der Waals surface area contributed by atoms with Gasteiger partial charge >= 0.3 is 6.09 Å². The van der Waals surface area contributed by atoms with Crippen molar-refractivity contribution in [1.29, 1.82) is 0 Å². The summed E-state index contributed by atoms with van der Waals surface area (Å²) < 4.78 is 17.6. The Labute approximate surface area is 167 Å². The van der Waals surface area contributed by atoms with E-state index >= 15 is 0 Å². The van der Waals surface area contributed by atoms with Crippen molar-refractivity contribution in [3.8, 4) is 11.5 Å². The summed E-state index contributed by atoms with van der Waals surface area (Å²) in [7, 11) is 0. The van der Waals surface area contributed by atoms with Crippen molar-refractivity contribution in [2.75, 3.05) is 19.7 Å². The number of ether oxygens (including phenoxy) is 3. The Balaban J connectivity index is 1.43. The molecule has 0 aliphatic carbocycles. The Morgan fingerprint density at radius 1 is 1.14 bits per heavy atom. The van der Waals surface area contributed by atoms with Crippen LogP contribution in [0.2, 0.25) is 0 Å². The topological polar surface area (TPSA) is 60.0 Å². The molecule has 0 saturated carbocycles. The number of hydrogen-bond donors (Lipinski definition) is 1. The van der Waals surface area contributed by atoms with Crippen LogP contribution in [0.1, 0.15) is 46.5 Å². The first kappa shape index (κ1) is 19.4. The summed E-state index contributed by atoms with van der Waals surface area (Å²) in [6.45, 7) is 7.35. The Morgan fingerprint density at radius 2 is 1.82 bits per heavy atom. The molecule has 1 aromatic carbocycles. The molecule has 0 radical (unpaired) electrons. The lowest BCUT2D eigenvalue weighted by molar-refractivity contribution is 0.00295. The van der Waals surface area contributed by atoms with Crippen LogP contribution in [0.5, 0.6) is 11.5 Å². The summed E-state index contributed by atoms with van der Waals surface area (Å²) in [6.07, 6.45) is 4.30. The Kier molecular flexibility index (Phi) is 5.41. The molecular weight excluding hydrogens is 356 g/mol. The Hall–Kier alpha value is -1.95. The maximum Gasteiger partial charge on any atom is 0.410 e. The van der Waals surface area contributed by atoms with Gasteiger partial charge in [0.05, 0.1) is 6.54 Å². The fraction of sp³-hybridized carbons (Fsp3) is 0.682. The van der Waals surface area contributed by atoms with Gasteiger partial charge in [-0.3, -0.25) is 0 Å². The number of carbonyl (C=O) groups excluding carboxylic acids is 1. The van der Waals surface area contributed by atoms with Crippen molar-refractivity contribution in [3.63, 3.8) is 0 Å². The van der Waals surface area contributed by atoms with Gasteiger partial charge in [0.1, 0.15) is 12.2 Å². The van der Waals surface area contributed by atoms with Crippen molar-refractivity contribution < 1.29 is 19.0 Å². The number of benzene rings is 1. The van der Waals surface area contributed by atoms with Crippen molar-refractivity contribution >= 4 is 6.09 Å². The fourth-order valence-electron chi connectivity index (χ4n) is 4.58. The zero-order valence-corrected chi connectivity index (χ0v) is 17.1. The number of piperidine rings is 1. The highest BCUT2D eigenvalue weighted by molar-refractivity contribution is 5.68. The van der Waals surface area contributed by atoms with Gasteiger partial charge in [-0.15, -0.1) is 0 Å². The second kappa shape index (κ2) is 7.82. The van der Waals surface area contributed by atoms with E-state index in [1.54, 1.807) is 0 Å². The summed E-state index contributed by atoms with van der Waals surface area (Å²) in [5, 5.41) is 3.67. The quantitative estimate of drug-likeness (QED) is 0.854. The van der Waals surface area contributed by atoms with Gasteiger partial charge in [-0.25, -0.2) is 4.79 Å². The second-order valence-corrected chi connectivity index (χ2v) is 9.36. The summed E-state index contributed by atoms with van der Waals surface area (Å²) in [6, 6.07) is 8.88. The van der Waals surface area contributed by atoms with Gasteiger partial charge in [0.15, 0.2) is 17.6 Å². The zero-order chi connectivity index (χ0) is 19.7. The van der Waals surface area contributed by atoms with Gasteiger partial charge in [-0.05, 0) is 64.5 Å². The third kappa shape index (κ3) is 4.72. The third-order valence-corrected chi connectivity index (χ3v) is 5.69. The molecule has 6 nitrogen and oxygen atoms in total. The summed E-state index contributed by atoms with van der Waals surface area (Å²) in [4.78, 5) is 14.8. The van der Waals surface area contributed by atoms with Gasteiger partial charge in [0, 0.05) is 18.6 Å². The highest BCUT2D eigenvalue weighted by Crippen LogP contribution is 2.33. The van der Waals surface area contributed by atoms with Gasteiger partial charge in [0.25, 0.3) is 0 Å². The molecule has 1 N–H and O–H groups in total. The van der Waals surface area contributed by atoms with Crippen LogP contribution in [0.3, 0.4) is 0 Å². The average molecular weight is 389 g/mol. The molecule has 4 rings (SSSR count). The molecule has 1 aromatic rings. The largest absolute Gasteiger partial charge is 0.486 e. The molecule has 6 heteroatoms. The minimum absolute atomic E-state index is 0.194. The summed E-state index contributed by atoms with van der Waals surface area (Å²) in [5.74, 6) is 2.00. The lowest BCUT2D eigenvalue weighted by Crippen LogP contribution is -2.49. The molecular formula is C22H32N2O4. The third-order valence-electron chi connectivity index (χ3n) is 5.69. The number of nitrogens with zero attached hydrogens (tertiary/aromatic N) is 1. The average Bonchev–Trinajstić information content (AvgIpc) is 2.98. The molecule has 2 saturated heterocycles. The highest BCUT2D eigenvalue weighted by Gasteiger charge is 2.36. The Bertz CT molecular complexity index is 690. The van der Waals surface area contributed by atoms with Crippen molar-refractivity contribution in [2.45, 2.75) is 70.2 Å². The number of hydrogen-bond acceptors (Lipinski definition) is 5. The van der Waals surface area contributed by atoms with Crippen molar-refractivity contribution in [3.05, 3.63) is 24.3 Å². The van der Waals surface area contributed by atoms with Gasteiger partial charge < -0.3 is 24.4 Å². The molecule has 28 heavy (non-hydrogen) atoms. The summed E-state index contributed by atoms with van der Waals surface area (Å²) in [5.41, 5.74) is -0.515. The molecule has 3 aliphatic heterocycles. The number of nitrogens with one attached hydrogen (secondary N) is 1. The van der Waals surface area contributed by atoms with E-state index in [2.05, 4.69) is 5.32 Å². The lowest BCUT2D eigenvalue weighted by atomic mass is 9.92. The van der Waals surface area contributed by atoms with E-state index in [-0.39, 0.29) is 12.2 Å². The molecule has 0 aromatic heterocycles. The normalized spacial score (nSPS) is 28.7. The molecule has 3 unspecified atom stereocenters. The molecule has 154 valence electrons. The number of para-hydroxylation sites is 2. The minimum Gasteiger partial charge on any atom is -0.486 e. The molecule has 2 fully saturated rings. The molecule has 3 aliphatic rings. The predicted molar refractivity (Wildman–Crippen MR) is 107 cm³/mol. The highest BCUT2D eigenvalue weighted by atomic mass is 16.6. The van der Waals surface area contributed by atoms with Gasteiger partial charge in [-0.2, -0.15) is 0 Å². The van der Waals surface area contributed by atoms with E-state index in [1.165, 1.54) is 12.8 Å². The van der Waals surface area contributed by atoms with Crippen LogP contribution >= 0.6 is 0 Å². The van der Waals surface area contributed by atoms with E-state index in [0.717, 1.165) is 24.3 Å². The first-order valence-electron chi connectivity index (χ1n) is 10.5. The number of rotatable bonds is 4. The van der Waals surface area contributed by atoms with Crippen LogP contribution in [0.15, 0.2) is 24.3 Å².